The maximum absolute atomic E-state index is 14.8. The Labute approximate surface area is 795 Å². The molecule has 3 aromatic heterocycles. The molecular formula is C101H151N9O25. The molecule has 2 amide bonds. The minimum Gasteiger partial charge on any atom is -0.460 e. The van der Waals surface area contributed by atoms with Crippen LogP contribution in [-0.4, -0.2) is 294 Å². The maximum atomic E-state index is 14.8. The van der Waals surface area contributed by atoms with E-state index in [1.165, 1.54) is 23.9 Å². The normalized spacial score (nSPS) is 26.5. The number of aliphatic hydroxyl groups excluding tert-OH is 1. The number of amides is 2. The molecule has 2 bridgehead atoms. The molecule has 0 radical (unpaired) electrons. The van der Waals surface area contributed by atoms with Gasteiger partial charge in [-0.05, 0) is 168 Å². The topological polar surface area (TPSA) is 427 Å². The van der Waals surface area contributed by atoms with Gasteiger partial charge in [-0.3, -0.25) is 28.8 Å². The summed E-state index contributed by atoms with van der Waals surface area (Å²) in [6.45, 7) is 26.4. The first-order valence-corrected chi connectivity index (χ1v) is 48.5. The van der Waals surface area contributed by atoms with Crippen molar-refractivity contribution in [3.8, 4) is 11.3 Å². The van der Waals surface area contributed by atoms with Gasteiger partial charge in [0, 0.05) is 123 Å². The van der Waals surface area contributed by atoms with Crippen LogP contribution in [-0.2, 0) is 124 Å². The molecule has 10 rings (SSSR count). The van der Waals surface area contributed by atoms with E-state index in [9.17, 15) is 43.8 Å². The van der Waals surface area contributed by atoms with E-state index in [1.54, 1.807) is 41.2 Å². The molecule has 34 heteroatoms. The van der Waals surface area contributed by atoms with Crippen LogP contribution in [0.1, 0.15) is 195 Å². The quantitative estimate of drug-likeness (QED) is 0.0122. The van der Waals surface area contributed by atoms with Gasteiger partial charge in [0.25, 0.3) is 17.7 Å². The second kappa shape index (κ2) is 57.6. The number of benzene rings is 2. The summed E-state index contributed by atoms with van der Waals surface area (Å²) in [7, 11) is 6.20. The molecule has 34 nitrogen and oxygen atoms in total. The fourth-order valence-electron chi connectivity index (χ4n) is 18.2. The number of oxazole rings is 1. The van der Waals surface area contributed by atoms with Crippen LogP contribution in [0, 0.1) is 35.5 Å². The Morgan fingerprint density at radius 1 is 0.667 bits per heavy atom. The maximum Gasteiger partial charge on any atom is 0.329 e. The van der Waals surface area contributed by atoms with Crippen molar-refractivity contribution in [1.82, 2.24) is 34.5 Å². The number of carbonyl (C=O) groups is 7. The molecule has 135 heavy (non-hydrogen) atoms. The summed E-state index contributed by atoms with van der Waals surface area (Å²) in [4.78, 5) is 111. The average Bonchev–Trinajstić information content (AvgIpc) is 1.63. The SMILES string of the molecule is CCC(=O)CCCOCCOCCOCCOCCC(=O)N1CCc2cc(Cn3nc(-c4ccc5oc(N)nc5c4)c4c(N)ncnc43)ccc2C1.CCOCCOCCOCCOCCCC(=O)O[C@@H]1CC[C@@H](C[C@@H](C)[C@@H]2C[C@@H](OC)[C@H](C)/C=C(\C)[C@@H](O)[C@@H](OC)C(=O)[C@H](C)C[C@H](C)/C=C/C=C/C=C(\C)[C@@H](OC)C[C@@H]3CC[C@@H](C)[C@@](O)(O3)C(=O)C(=O)N3CCCC[C@H]3C(=O)O2)C[C@H]1OC. The fourth-order valence-corrected chi connectivity index (χ4v) is 18.2. The molecule has 1 saturated carbocycles. The zero-order valence-corrected chi connectivity index (χ0v) is 81.8. The van der Waals surface area contributed by atoms with Crippen LogP contribution in [0.2, 0.25) is 0 Å². The third-order valence-corrected chi connectivity index (χ3v) is 26.1. The Hall–Kier alpha value is -8.69. The van der Waals surface area contributed by atoms with Gasteiger partial charge in [-0.25, -0.2) is 19.4 Å². The predicted octanol–water partition coefficient (Wildman–Crippen LogP) is 12.0. The van der Waals surface area contributed by atoms with E-state index in [2.05, 4.69) is 33.2 Å². The van der Waals surface area contributed by atoms with E-state index in [1.807, 2.05) is 107 Å². The van der Waals surface area contributed by atoms with Crippen molar-refractivity contribution in [1.29, 1.82) is 0 Å². The van der Waals surface area contributed by atoms with E-state index in [0.717, 1.165) is 41.5 Å². The standard InChI is InChI=1S/C64H105NO18.C37H46N8O7/c1-13-77-30-31-79-34-35-80-33-32-78-29-19-23-57(66)81-52-27-25-49(39-56(52)75-11)38-45(5)55-41-54(74-10)44(4)37-47(7)59(68)60(76-12)58(67)46(6)36-42(2)20-15-14-16-21-43(3)53(73-9)40-50-26-24-48(8)64(72,83-50)61(69)62(70)65-28-18-17-22-51(65)63(71)82-55;1-2-29(46)4-3-12-48-14-16-50-18-19-51-17-15-49-13-10-32(47)44-11-9-26-20-25(5-6-28(26)23-44)22-45-36-33(35(38)40-24-41-36)34(43-45)27-7-8-31-30(21-27)42-37(39)52-31/h14-16,20-21,37,42,44-46,48-56,59-60,68,72H,13,17-19,22-36,38-41H2,1-12H3;5-8,20-21,24H,2-4,9-19,22-23H2,1H3,(H2,39,42)(H2,38,40,41)/b16-14+,20-15+,43-21+,47-37+;/t42-,44-,45-,46-,48-,49+,50+,51+,52-,53+,54-,55+,56-,59-,60+,64-;/m1./s1. The first-order chi connectivity index (χ1) is 65.1. The minimum absolute atomic E-state index is 0.0261. The molecule has 5 aromatic rings. The molecular weight excluding hydrogens is 1740 g/mol. The molecule has 6 N–H and O–H groups in total. The van der Waals surface area contributed by atoms with Crippen LogP contribution in [0.3, 0.4) is 0 Å². The number of ketones is 3. The second-order valence-corrected chi connectivity index (χ2v) is 36.2. The van der Waals surface area contributed by atoms with Gasteiger partial charge in [0.1, 0.15) is 59.6 Å². The Morgan fingerprint density at radius 3 is 2.01 bits per heavy atom. The number of nitrogens with zero attached hydrogens (tertiary/aromatic N) is 7. The van der Waals surface area contributed by atoms with Gasteiger partial charge in [0.05, 0.1) is 129 Å². The number of anilines is 2. The summed E-state index contributed by atoms with van der Waals surface area (Å²) in [5.74, 6) is -6.72. The summed E-state index contributed by atoms with van der Waals surface area (Å²) >= 11 is 0. The number of aliphatic hydroxyl groups is 2. The van der Waals surface area contributed by atoms with Crippen LogP contribution >= 0.6 is 0 Å². The Balaban J connectivity index is 0.000000335. The Kier molecular flexibility index (Phi) is 46.9. The monoisotopic (exact) mass is 1890 g/mol. The highest BCUT2D eigenvalue weighted by molar-refractivity contribution is 6.39. The molecule has 0 unspecified atom stereocenters. The number of nitrogens with two attached hydrogens (primary N) is 2. The number of methoxy groups -OCH3 is 4. The lowest BCUT2D eigenvalue weighted by atomic mass is 9.78. The molecule has 0 spiro atoms. The number of nitrogen functional groups attached to an aromatic ring is 2. The number of rotatable bonds is 42. The van der Waals surface area contributed by atoms with Crippen molar-refractivity contribution in [2.24, 2.45) is 35.5 Å². The molecule has 750 valence electrons. The zero-order valence-electron chi connectivity index (χ0n) is 81.8. The molecule has 16 atom stereocenters. The number of carbonyl (C=O) groups excluding carboxylic acids is 7. The molecule has 4 aliphatic heterocycles. The molecule has 2 saturated heterocycles. The van der Waals surface area contributed by atoms with Crippen LogP contribution in [0.5, 0.6) is 0 Å². The van der Waals surface area contributed by atoms with Gasteiger partial charge >= 0.3 is 11.9 Å². The first kappa shape index (κ1) is 110. The lowest BCUT2D eigenvalue weighted by Crippen LogP contribution is -2.61. The highest BCUT2D eigenvalue weighted by Gasteiger charge is 2.53. The van der Waals surface area contributed by atoms with E-state index in [-0.39, 0.29) is 85.0 Å². The van der Waals surface area contributed by atoms with Crippen molar-refractivity contribution < 1.29 is 119 Å². The molecule has 5 aliphatic rings. The summed E-state index contributed by atoms with van der Waals surface area (Å²) in [5, 5.41) is 29.4. The number of hydrogen-bond acceptors (Lipinski definition) is 31. The molecule has 2 aromatic carbocycles. The van der Waals surface area contributed by atoms with Crippen molar-refractivity contribution in [2.45, 2.75) is 258 Å². The number of hydrogen-bond donors (Lipinski definition) is 4. The minimum atomic E-state index is -2.43. The lowest BCUT2D eigenvalue weighted by Gasteiger charge is -2.43. The van der Waals surface area contributed by atoms with Gasteiger partial charge in [-0.1, -0.05) is 96.2 Å². The number of fused-ring (bicyclic) bond motifs is 6. The zero-order chi connectivity index (χ0) is 97.4. The van der Waals surface area contributed by atoms with Gasteiger partial charge in [-0.2, -0.15) is 10.1 Å². The van der Waals surface area contributed by atoms with E-state index in [0.29, 0.717) is 248 Å². The third kappa shape index (κ3) is 33.8. The van der Waals surface area contributed by atoms with Crippen LogP contribution in [0.15, 0.2) is 94.7 Å². The number of esters is 2. The lowest BCUT2D eigenvalue weighted by molar-refractivity contribution is -0.265. The highest BCUT2D eigenvalue weighted by atomic mass is 16.6. The smallest absolute Gasteiger partial charge is 0.329 e. The Morgan fingerprint density at radius 2 is 1.34 bits per heavy atom. The van der Waals surface area contributed by atoms with Crippen molar-refractivity contribution in [3.05, 3.63) is 107 Å². The number of piperidine rings is 1. The van der Waals surface area contributed by atoms with Gasteiger partial charge in [-0.15, -0.1) is 0 Å². The van der Waals surface area contributed by atoms with Crippen molar-refractivity contribution in [2.75, 3.05) is 159 Å². The summed E-state index contributed by atoms with van der Waals surface area (Å²) in [6.07, 6.45) is 17.0. The van der Waals surface area contributed by atoms with E-state index in [4.69, 9.17) is 92.0 Å². The van der Waals surface area contributed by atoms with Gasteiger partial charge in [0.2, 0.25) is 11.7 Å². The summed E-state index contributed by atoms with van der Waals surface area (Å²) < 4.78 is 93.7. The van der Waals surface area contributed by atoms with Gasteiger partial charge in [0.15, 0.2) is 17.0 Å². The molecule has 3 fully saturated rings. The number of ether oxygens (including phenoxy) is 15. The summed E-state index contributed by atoms with van der Waals surface area (Å²) in [6, 6.07) is 10.9. The van der Waals surface area contributed by atoms with Crippen LogP contribution < -0.4 is 11.5 Å². The highest BCUT2D eigenvalue weighted by Crippen LogP contribution is 2.40. The van der Waals surface area contributed by atoms with Crippen molar-refractivity contribution in [3.63, 3.8) is 0 Å². The number of aromatic nitrogens is 5. The van der Waals surface area contributed by atoms with Crippen LogP contribution in [0.4, 0.5) is 11.8 Å². The van der Waals surface area contributed by atoms with E-state index >= 15 is 0 Å². The largest absolute Gasteiger partial charge is 0.460 e. The Bertz CT molecular complexity index is 4650. The fraction of sp³-hybridized carbons (Fsp3) is 0.673. The van der Waals surface area contributed by atoms with Gasteiger partial charge < -0.3 is 107 Å². The molecule has 7 heterocycles. The first-order valence-electron chi connectivity index (χ1n) is 48.5. The third-order valence-electron chi connectivity index (χ3n) is 26.1. The number of allylic oxidation sites excluding steroid dienone is 5. The predicted molar refractivity (Wildman–Crippen MR) is 507 cm³/mol. The van der Waals surface area contributed by atoms with Crippen molar-refractivity contribution >= 4 is 75.1 Å². The van der Waals surface area contributed by atoms with Crippen LogP contribution in [0.25, 0.3) is 33.4 Å². The number of cyclic esters (lactones) is 1. The van der Waals surface area contributed by atoms with E-state index < -0.39 is 84.1 Å². The molecule has 1 aliphatic carbocycles. The summed E-state index contributed by atoms with van der Waals surface area (Å²) in [5.41, 5.74) is 20.2. The second-order valence-electron chi connectivity index (χ2n) is 36.2. The average molecular weight is 1890 g/mol. The number of Topliss-reactive ketones (excluding diaryl/α,β-unsaturated/α-hetero) is 3.